The van der Waals surface area contributed by atoms with Gasteiger partial charge in [-0.1, -0.05) is 24.3 Å². The Morgan fingerprint density at radius 3 is 2.11 bits per heavy atom. The lowest BCUT2D eigenvalue weighted by atomic mass is 9.87. The summed E-state index contributed by atoms with van der Waals surface area (Å²) >= 11 is 0. The maximum absolute atomic E-state index is 7.80. The van der Waals surface area contributed by atoms with Gasteiger partial charge in [-0.25, -0.2) is 4.85 Å². The quantitative estimate of drug-likeness (QED) is 0.218. The zero-order valence-electron chi connectivity index (χ0n) is 27.1. The Hall–Kier alpha value is -4.71. The average molecular weight is 618 g/mol. The zero-order valence-corrected chi connectivity index (χ0v) is 27.1. The third-order valence-electron chi connectivity index (χ3n) is 9.77. The molecule has 4 aromatic carbocycles. The van der Waals surface area contributed by atoms with Gasteiger partial charge in [0.25, 0.3) is 0 Å². The molecule has 46 heavy (non-hydrogen) atoms. The Morgan fingerprint density at radius 2 is 1.39 bits per heavy atom. The van der Waals surface area contributed by atoms with Crippen molar-refractivity contribution in [3.05, 3.63) is 105 Å². The minimum Gasteiger partial charge on any atom is -0.493 e. The minimum absolute atomic E-state index is 0.0362. The molecule has 0 radical (unpaired) electrons. The first-order chi connectivity index (χ1) is 22.4. The lowest BCUT2D eigenvalue weighted by Crippen LogP contribution is -2.34. The van der Waals surface area contributed by atoms with Crippen LogP contribution in [0.5, 0.6) is 40.2 Å². The van der Waals surface area contributed by atoms with E-state index < -0.39 is 0 Å². The molecule has 0 spiro atoms. The first kappa shape index (κ1) is 30.0. The van der Waals surface area contributed by atoms with E-state index in [0.717, 1.165) is 49.0 Å². The second-order valence-electron chi connectivity index (χ2n) is 12.4. The van der Waals surface area contributed by atoms with Crippen molar-refractivity contribution in [2.45, 2.75) is 37.8 Å². The summed E-state index contributed by atoms with van der Waals surface area (Å²) < 4.78 is 31.2. The monoisotopic (exact) mass is 617 g/mol. The smallest absolute Gasteiger partial charge is 0.228 e. The molecule has 4 aliphatic heterocycles. The Bertz CT molecular complexity index is 1830. The normalized spacial score (nSPS) is 19.0. The SMILES string of the molecule is [C-]#[N+]c1ccc2cc1Oc1ccc(cc1)C[C@H]1c3cc(c(OC)cc3CCN1C)Oc1c(OC)c(OC)cc3c1[C@@H](C2)N(C)CC3. The van der Waals surface area contributed by atoms with E-state index in [2.05, 4.69) is 59.1 Å². The predicted octanol–water partition coefficient (Wildman–Crippen LogP) is 7.70. The van der Waals surface area contributed by atoms with Crippen LogP contribution in [-0.2, 0) is 25.7 Å². The van der Waals surface area contributed by atoms with E-state index in [1.54, 1.807) is 21.3 Å². The number of fused-ring (bicyclic) bond motifs is 2. The standard InChI is InChI=1S/C38H39N3O5/c1-39-29-12-9-24-18-31-36-26(14-16-41(31)3)21-35(43-5)37(44-6)38(36)46-34-22-28-25(20-33(34)42-4)13-15-40(2)30(28)17-23-7-10-27(11-8-23)45-32(29)19-24/h7-12,19-22,30-31H,13-18H2,2-6H3/t30-,31+/m0/s1. The molecule has 0 aliphatic carbocycles. The molecule has 8 nitrogen and oxygen atoms in total. The predicted molar refractivity (Wildman–Crippen MR) is 177 cm³/mol. The summed E-state index contributed by atoms with van der Waals surface area (Å²) in [6.07, 6.45) is 3.27. The van der Waals surface area contributed by atoms with Crippen LogP contribution in [0.2, 0.25) is 0 Å². The molecule has 0 amide bonds. The van der Waals surface area contributed by atoms with Gasteiger partial charge in [0.1, 0.15) is 11.5 Å². The lowest BCUT2D eigenvalue weighted by molar-refractivity contribution is 0.220. The van der Waals surface area contributed by atoms with Crippen LogP contribution in [0, 0.1) is 6.57 Å². The van der Waals surface area contributed by atoms with Gasteiger partial charge in [0, 0.05) is 30.7 Å². The Labute approximate surface area is 270 Å². The van der Waals surface area contributed by atoms with Crippen molar-refractivity contribution >= 4 is 5.69 Å². The fourth-order valence-corrected chi connectivity index (χ4v) is 7.21. The molecule has 4 aromatic rings. The van der Waals surface area contributed by atoms with Gasteiger partial charge in [-0.15, -0.1) is 0 Å². The van der Waals surface area contributed by atoms with Gasteiger partial charge in [0.2, 0.25) is 11.4 Å². The average Bonchev–Trinajstić information content (AvgIpc) is 3.07. The highest BCUT2D eigenvalue weighted by molar-refractivity contribution is 5.64. The molecular weight excluding hydrogens is 578 g/mol. The van der Waals surface area contributed by atoms with Gasteiger partial charge < -0.3 is 23.7 Å². The van der Waals surface area contributed by atoms with Crippen LogP contribution < -0.4 is 23.7 Å². The second-order valence-corrected chi connectivity index (χ2v) is 12.4. The molecule has 0 saturated heterocycles. The highest BCUT2D eigenvalue weighted by Gasteiger charge is 2.34. The van der Waals surface area contributed by atoms with Gasteiger partial charge in [-0.3, -0.25) is 9.80 Å². The van der Waals surface area contributed by atoms with Crippen molar-refractivity contribution in [3.8, 4) is 40.2 Å². The highest BCUT2D eigenvalue weighted by atomic mass is 16.5. The van der Waals surface area contributed by atoms with Crippen LogP contribution in [0.25, 0.3) is 4.85 Å². The molecule has 4 aliphatic rings. The van der Waals surface area contributed by atoms with Crippen molar-refractivity contribution in [3.63, 3.8) is 0 Å². The van der Waals surface area contributed by atoms with Gasteiger partial charge in [0.15, 0.2) is 23.0 Å². The van der Waals surface area contributed by atoms with Crippen LogP contribution >= 0.6 is 0 Å². The zero-order chi connectivity index (χ0) is 31.9. The number of likely N-dealkylation sites (N-methyl/N-ethyl adjacent to an activating group) is 2. The molecule has 0 unspecified atom stereocenters. The first-order valence-electron chi connectivity index (χ1n) is 15.7. The number of benzene rings is 4. The van der Waals surface area contributed by atoms with E-state index in [-0.39, 0.29) is 12.1 Å². The molecule has 8 rings (SSSR count). The molecule has 0 aromatic heterocycles. The molecule has 6 bridgehead atoms. The van der Waals surface area contributed by atoms with Crippen LogP contribution in [0.15, 0.2) is 60.7 Å². The number of hydrogen-bond acceptors (Lipinski definition) is 7. The summed E-state index contributed by atoms with van der Waals surface area (Å²) in [4.78, 5) is 8.53. The van der Waals surface area contributed by atoms with Crippen molar-refractivity contribution in [2.24, 2.45) is 0 Å². The molecule has 2 atom stereocenters. The molecule has 0 N–H and O–H groups in total. The highest BCUT2D eigenvalue weighted by Crippen LogP contribution is 2.52. The van der Waals surface area contributed by atoms with Crippen LogP contribution in [0.4, 0.5) is 5.69 Å². The molecule has 0 fully saturated rings. The van der Waals surface area contributed by atoms with Gasteiger partial charge >= 0.3 is 0 Å². The van der Waals surface area contributed by atoms with E-state index in [1.807, 2.05) is 30.3 Å². The van der Waals surface area contributed by atoms with E-state index >= 15 is 0 Å². The molecule has 8 heteroatoms. The van der Waals surface area contributed by atoms with Gasteiger partial charge in [-0.05, 0) is 104 Å². The minimum atomic E-state index is -0.0362. The third kappa shape index (κ3) is 5.30. The Balaban J connectivity index is 1.47. The number of methoxy groups -OCH3 is 3. The van der Waals surface area contributed by atoms with Gasteiger partial charge in [-0.2, -0.15) is 0 Å². The summed E-state index contributed by atoms with van der Waals surface area (Å²) in [6, 6.07) is 20.6. The number of hydrogen-bond donors (Lipinski definition) is 0. The van der Waals surface area contributed by atoms with Gasteiger partial charge in [0.05, 0.1) is 27.9 Å². The summed E-state index contributed by atoms with van der Waals surface area (Å²) in [5.41, 5.74) is 7.46. The number of nitrogens with zero attached hydrogens (tertiary/aromatic N) is 3. The van der Waals surface area contributed by atoms with Crippen LogP contribution in [0.3, 0.4) is 0 Å². The van der Waals surface area contributed by atoms with E-state index in [0.29, 0.717) is 52.4 Å². The summed E-state index contributed by atoms with van der Waals surface area (Å²) in [5, 5.41) is 0. The summed E-state index contributed by atoms with van der Waals surface area (Å²) in [5.74, 6) is 4.43. The summed E-state index contributed by atoms with van der Waals surface area (Å²) in [7, 11) is 9.35. The van der Waals surface area contributed by atoms with E-state index in [4.69, 9.17) is 30.3 Å². The van der Waals surface area contributed by atoms with Crippen LogP contribution in [-0.4, -0.2) is 58.3 Å². The third-order valence-corrected chi connectivity index (χ3v) is 9.77. The molecule has 236 valence electrons. The summed E-state index contributed by atoms with van der Waals surface area (Å²) in [6.45, 7) is 9.62. The first-order valence-corrected chi connectivity index (χ1v) is 15.7. The Morgan fingerprint density at radius 1 is 0.717 bits per heavy atom. The second kappa shape index (κ2) is 12.2. The fourth-order valence-electron chi connectivity index (χ4n) is 7.21. The maximum atomic E-state index is 7.80. The molecule has 4 heterocycles. The van der Waals surface area contributed by atoms with E-state index in [9.17, 15) is 0 Å². The van der Waals surface area contributed by atoms with Crippen molar-refractivity contribution < 1.29 is 23.7 Å². The van der Waals surface area contributed by atoms with Crippen molar-refractivity contribution in [1.82, 2.24) is 9.80 Å². The maximum Gasteiger partial charge on any atom is 0.228 e. The van der Waals surface area contributed by atoms with Crippen molar-refractivity contribution in [2.75, 3.05) is 48.5 Å². The number of rotatable bonds is 3. The fraction of sp³-hybridized carbons (Fsp3) is 0.342. The lowest BCUT2D eigenvalue weighted by Gasteiger charge is -2.37. The largest absolute Gasteiger partial charge is 0.493 e. The molecule has 0 saturated carbocycles. The number of ether oxygens (including phenoxy) is 5. The Kier molecular flexibility index (Phi) is 7.97. The van der Waals surface area contributed by atoms with Crippen molar-refractivity contribution in [1.29, 1.82) is 0 Å². The van der Waals surface area contributed by atoms with Crippen LogP contribution in [0.1, 0.15) is 45.5 Å². The molecular formula is C38H39N3O5. The topological polar surface area (TPSA) is 57.0 Å². The van der Waals surface area contributed by atoms with E-state index in [1.165, 1.54) is 16.7 Å².